The van der Waals surface area contributed by atoms with Crippen molar-refractivity contribution in [3.63, 3.8) is 0 Å². The van der Waals surface area contributed by atoms with E-state index in [2.05, 4.69) is 5.32 Å². The van der Waals surface area contributed by atoms with Crippen LogP contribution in [0.5, 0.6) is 0 Å². The van der Waals surface area contributed by atoms with E-state index in [4.69, 9.17) is 0 Å². The topological polar surface area (TPSA) is 49.3 Å². The summed E-state index contributed by atoms with van der Waals surface area (Å²) in [6, 6.07) is 20.2. The number of hydrogen-bond acceptors (Lipinski definition) is 3. The van der Waals surface area contributed by atoms with Crippen molar-refractivity contribution in [1.29, 1.82) is 0 Å². The summed E-state index contributed by atoms with van der Waals surface area (Å²) in [4.78, 5) is 12.5. The maximum Gasteiger partial charge on any atom is 0.220 e. The lowest BCUT2D eigenvalue weighted by molar-refractivity contribution is -0.121. The van der Waals surface area contributed by atoms with Gasteiger partial charge >= 0.3 is 0 Å². The zero-order valence-corrected chi connectivity index (χ0v) is 15.0. The predicted octanol–water partition coefficient (Wildman–Crippen LogP) is 4.31. The minimum atomic E-state index is -0.761. The number of thioether (sulfide) groups is 1. The Morgan fingerprint density at radius 3 is 2.58 bits per heavy atom. The van der Waals surface area contributed by atoms with E-state index >= 15 is 0 Å². The highest BCUT2D eigenvalue weighted by Crippen LogP contribution is 2.22. The largest absolute Gasteiger partial charge is 0.387 e. The highest BCUT2D eigenvalue weighted by Gasteiger charge is 2.11. The molecule has 3 nitrogen and oxygen atoms in total. The lowest BCUT2D eigenvalue weighted by Crippen LogP contribution is -2.28. The number of aliphatic hydroxyl groups excluding tert-OH is 1. The standard InChI is InChI=1S/C21H20FNO2S/c22-18-7-3-4-8-20(18)26-12-11-21(25)23-14-19(24)17-10-9-15-5-1-2-6-16(15)13-17/h1-10,13,19,24H,11-12,14H2,(H,23,25). The van der Waals surface area contributed by atoms with Crippen LogP contribution >= 0.6 is 11.8 Å². The Hall–Kier alpha value is -2.37. The van der Waals surface area contributed by atoms with Crippen molar-refractivity contribution in [3.8, 4) is 0 Å². The summed E-state index contributed by atoms with van der Waals surface area (Å²) in [6.07, 6.45) is -0.494. The second kappa shape index (κ2) is 8.83. The quantitative estimate of drug-likeness (QED) is 0.610. The van der Waals surface area contributed by atoms with Crippen LogP contribution in [0.15, 0.2) is 71.6 Å². The van der Waals surface area contributed by atoms with Crippen LogP contribution in [0.2, 0.25) is 0 Å². The van der Waals surface area contributed by atoms with Gasteiger partial charge in [-0.05, 0) is 34.5 Å². The number of nitrogens with one attached hydrogen (secondary N) is 1. The van der Waals surface area contributed by atoms with Crippen molar-refractivity contribution >= 4 is 28.4 Å². The zero-order valence-electron chi connectivity index (χ0n) is 14.2. The first kappa shape index (κ1) is 18.4. The third kappa shape index (κ3) is 4.84. The number of amides is 1. The third-order valence-corrected chi connectivity index (χ3v) is 5.12. The van der Waals surface area contributed by atoms with Gasteiger partial charge in [0.1, 0.15) is 5.82 Å². The number of aliphatic hydroxyl groups is 1. The maximum absolute atomic E-state index is 13.5. The minimum Gasteiger partial charge on any atom is -0.387 e. The fourth-order valence-electron chi connectivity index (χ4n) is 2.65. The van der Waals surface area contributed by atoms with Gasteiger partial charge < -0.3 is 10.4 Å². The third-order valence-electron chi connectivity index (χ3n) is 4.07. The van der Waals surface area contributed by atoms with Gasteiger partial charge in [-0.15, -0.1) is 11.8 Å². The molecule has 0 aliphatic heterocycles. The van der Waals surface area contributed by atoms with E-state index in [9.17, 15) is 14.3 Å². The molecule has 0 bridgehead atoms. The molecule has 0 heterocycles. The number of fused-ring (bicyclic) bond motifs is 1. The SMILES string of the molecule is O=C(CCSc1ccccc1F)NCC(O)c1ccc2ccccc2c1. The number of rotatable bonds is 7. The van der Waals surface area contributed by atoms with Gasteiger partial charge in [-0.3, -0.25) is 4.79 Å². The molecule has 2 N–H and O–H groups in total. The molecule has 0 spiro atoms. The molecule has 0 saturated carbocycles. The molecule has 1 unspecified atom stereocenters. The van der Waals surface area contributed by atoms with Crippen LogP contribution in [0.3, 0.4) is 0 Å². The predicted molar refractivity (Wildman–Crippen MR) is 104 cm³/mol. The molecule has 3 rings (SSSR count). The van der Waals surface area contributed by atoms with Crippen molar-refractivity contribution in [1.82, 2.24) is 5.32 Å². The van der Waals surface area contributed by atoms with Crippen LogP contribution in [0.4, 0.5) is 4.39 Å². The van der Waals surface area contributed by atoms with Crippen LogP contribution in [0.25, 0.3) is 10.8 Å². The van der Waals surface area contributed by atoms with Crippen LogP contribution in [-0.4, -0.2) is 23.3 Å². The highest BCUT2D eigenvalue weighted by atomic mass is 32.2. The molecule has 1 amide bonds. The Balaban J connectivity index is 1.46. The normalized spacial score (nSPS) is 12.1. The Morgan fingerprint density at radius 1 is 1.04 bits per heavy atom. The number of halogens is 1. The van der Waals surface area contributed by atoms with Gasteiger partial charge in [0.05, 0.1) is 6.10 Å². The molecule has 0 aromatic heterocycles. The summed E-state index contributed by atoms with van der Waals surface area (Å²) in [5, 5.41) is 15.2. The molecule has 0 fully saturated rings. The summed E-state index contributed by atoms with van der Waals surface area (Å²) in [6.45, 7) is 0.154. The summed E-state index contributed by atoms with van der Waals surface area (Å²) >= 11 is 1.31. The van der Waals surface area contributed by atoms with Gasteiger partial charge in [0.15, 0.2) is 0 Å². The monoisotopic (exact) mass is 369 g/mol. The van der Waals surface area contributed by atoms with Crippen molar-refractivity contribution in [3.05, 3.63) is 78.1 Å². The molecule has 0 aliphatic rings. The van der Waals surface area contributed by atoms with Crippen molar-refractivity contribution < 1.29 is 14.3 Å². The van der Waals surface area contributed by atoms with Gasteiger partial charge in [0.25, 0.3) is 0 Å². The Bertz CT molecular complexity index is 900. The molecule has 0 aliphatic carbocycles. The highest BCUT2D eigenvalue weighted by molar-refractivity contribution is 7.99. The molecule has 0 saturated heterocycles. The molecular formula is C21H20FNO2S. The molecule has 0 radical (unpaired) electrons. The Labute approximate surface area is 156 Å². The lowest BCUT2D eigenvalue weighted by Gasteiger charge is -2.13. The fourth-order valence-corrected chi connectivity index (χ4v) is 3.54. The van der Waals surface area contributed by atoms with Crippen LogP contribution in [0.1, 0.15) is 18.1 Å². The summed E-state index contributed by atoms with van der Waals surface area (Å²) in [7, 11) is 0. The van der Waals surface area contributed by atoms with Gasteiger partial charge in [0, 0.05) is 23.6 Å². The van der Waals surface area contributed by atoms with Gasteiger partial charge in [-0.2, -0.15) is 0 Å². The first-order chi connectivity index (χ1) is 12.6. The number of benzene rings is 3. The molecule has 26 heavy (non-hydrogen) atoms. The molecular weight excluding hydrogens is 349 g/mol. The number of hydrogen-bond donors (Lipinski definition) is 2. The number of carbonyl (C=O) groups excluding carboxylic acids is 1. The van der Waals surface area contributed by atoms with Crippen molar-refractivity contribution in [2.24, 2.45) is 0 Å². The second-order valence-electron chi connectivity index (χ2n) is 5.96. The van der Waals surface area contributed by atoms with Crippen molar-refractivity contribution in [2.45, 2.75) is 17.4 Å². The van der Waals surface area contributed by atoms with Crippen LogP contribution in [-0.2, 0) is 4.79 Å². The van der Waals surface area contributed by atoms with E-state index in [1.165, 1.54) is 17.8 Å². The van der Waals surface area contributed by atoms with Gasteiger partial charge in [-0.25, -0.2) is 4.39 Å². The summed E-state index contributed by atoms with van der Waals surface area (Å²) < 4.78 is 13.5. The summed E-state index contributed by atoms with van der Waals surface area (Å²) in [5.74, 6) is 0.0528. The van der Waals surface area contributed by atoms with E-state index < -0.39 is 6.10 Å². The number of carbonyl (C=O) groups is 1. The molecule has 3 aromatic carbocycles. The Morgan fingerprint density at radius 2 is 1.77 bits per heavy atom. The smallest absolute Gasteiger partial charge is 0.220 e. The Kier molecular flexibility index (Phi) is 6.26. The van der Waals surface area contributed by atoms with Crippen LogP contribution < -0.4 is 5.32 Å². The minimum absolute atomic E-state index is 0.154. The average Bonchev–Trinajstić information content (AvgIpc) is 2.67. The van der Waals surface area contributed by atoms with E-state index in [0.29, 0.717) is 10.6 Å². The lowest BCUT2D eigenvalue weighted by atomic mass is 10.0. The van der Waals surface area contributed by atoms with Crippen molar-refractivity contribution in [2.75, 3.05) is 12.3 Å². The van der Waals surface area contributed by atoms with E-state index in [1.54, 1.807) is 18.2 Å². The summed E-state index contributed by atoms with van der Waals surface area (Å²) in [5.41, 5.74) is 0.768. The second-order valence-corrected chi connectivity index (χ2v) is 7.09. The van der Waals surface area contributed by atoms with Crippen LogP contribution in [0, 0.1) is 5.82 Å². The average molecular weight is 369 g/mol. The van der Waals surface area contributed by atoms with E-state index in [1.807, 2.05) is 42.5 Å². The molecule has 3 aromatic rings. The fraction of sp³-hybridized carbons (Fsp3) is 0.190. The first-order valence-corrected chi connectivity index (χ1v) is 9.43. The first-order valence-electron chi connectivity index (χ1n) is 8.44. The van der Waals surface area contributed by atoms with E-state index in [-0.39, 0.29) is 24.7 Å². The van der Waals surface area contributed by atoms with E-state index in [0.717, 1.165) is 16.3 Å². The molecule has 1 atom stereocenters. The molecule has 5 heteroatoms. The zero-order chi connectivity index (χ0) is 18.4. The maximum atomic E-state index is 13.5. The van der Waals surface area contributed by atoms with Gasteiger partial charge in [-0.1, -0.05) is 48.5 Å². The van der Waals surface area contributed by atoms with Gasteiger partial charge in [0.2, 0.25) is 5.91 Å². The molecule has 134 valence electrons.